The van der Waals surface area contributed by atoms with Crippen LogP contribution in [0.3, 0.4) is 0 Å². The summed E-state index contributed by atoms with van der Waals surface area (Å²) >= 11 is 0. The van der Waals surface area contributed by atoms with Gasteiger partial charge in [0.1, 0.15) is 0 Å². The van der Waals surface area contributed by atoms with Gasteiger partial charge in [-0.2, -0.15) is 0 Å². The Morgan fingerprint density at radius 1 is 1.29 bits per heavy atom. The number of fused-ring (bicyclic) bond motifs is 1. The number of aromatic nitrogens is 3. The lowest BCUT2D eigenvalue weighted by Crippen LogP contribution is -2.05. The first-order valence-corrected chi connectivity index (χ1v) is 7.90. The summed E-state index contributed by atoms with van der Waals surface area (Å²) < 4.78 is 1.83. The molecule has 24 heavy (non-hydrogen) atoms. The zero-order valence-corrected chi connectivity index (χ0v) is 13.7. The monoisotopic (exact) mass is 325 g/mol. The number of benzene rings is 1. The standard InChI is InChI=1S/C17H19N5O2/c1-3-4-9-22-13-8-6-5-7-12(13)15(16(22)24)20-21-17-18-11(2)10-14(23)19-17/h5-8,10,24H,3-4,9H2,1-2H3,(H,18,19,23). The zero-order valence-electron chi connectivity index (χ0n) is 13.7. The molecule has 2 heterocycles. The molecule has 2 N–H and O–H groups in total. The van der Waals surface area contributed by atoms with Crippen molar-refractivity contribution in [2.75, 3.05) is 0 Å². The highest BCUT2D eigenvalue weighted by molar-refractivity contribution is 5.94. The van der Waals surface area contributed by atoms with E-state index in [1.807, 2.05) is 28.8 Å². The largest absolute Gasteiger partial charge is 0.493 e. The van der Waals surface area contributed by atoms with E-state index in [0.29, 0.717) is 17.9 Å². The van der Waals surface area contributed by atoms with E-state index < -0.39 is 0 Å². The van der Waals surface area contributed by atoms with Gasteiger partial charge in [0.2, 0.25) is 11.8 Å². The van der Waals surface area contributed by atoms with E-state index in [1.54, 1.807) is 6.92 Å². The second-order valence-corrected chi connectivity index (χ2v) is 5.60. The smallest absolute Gasteiger partial charge is 0.252 e. The predicted molar refractivity (Wildman–Crippen MR) is 92.3 cm³/mol. The predicted octanol–water partition coefficient (Wildman–Crippen LogP) is 3.95. The molecule has 3 rings (SSSR count). The molecule has 0 saturated carbocycles. The van der Waals surface area contributed by atoms with Crippen LogP contribution in [0.4, 0.5) is 11.6 Å². The number of azo groups is 1. The van der Waals surface area contributed by atoms with Crippen LogP contribution in [0.1, 0.15) is 25.5 Å². The minimum Gasteiger partial charge on any atom is -0.493 e. The molecular formula is C17H19N5O2. The molecule has 0 bridgehead atoms. The normalized spacial score (nSPS) is 11.6. The number of H-pyrrole nitrogens is 1. The fourth-order valence-corrected chi connectivity index (χ4v) is 2.62. The highest BCUT2D eigenvalue weighted by Crippen LogP contribution is 2.39. The molecular weight excluding hydrogens is 306 g/mol. The van der Waals surface area contributed by atoms with Crippen LogP contribution >= 0.6 is 0 Å². The van der Waals surface area contributed by atoms with Gasteiger partial charge in [-0.3, -0.25) is 9.78 Å². The average molecular weight is 325 g/mol. The average Bonchev–Trinajstić information content (AvgIpc) is 2.81. The van der Waals surface area contributed by atoms with Crippen molar-refractivity contribution in [1.82, 2.24) is 14.5 Å². The number of aryl methyl sites for hydroxylation is 2. The van der Waals surface area contributed by atoms with Gasteiger partial charge in [-0.1, -0.05) is 31.5 Å². The number of hydrogen-bond acceptors (Lipinski definition) is 5. The van der Waals surface area contributed by atoms with Crippen molar-refractivity contribution < 1.29 is 5.11 Å². The van der Waals surface area contributed by atoms with Gasteiger partial charge in [-0.15, -0.1) is 10.2 Å². The third-order valence-electron chi connectivity index (χ3n) is 3.75. The van der Waals surface area contributed by atoms with E-state index in [9.17, 15) is 9.90 Å². The molecule has 0 aliphatic heterocycles. The summed E-state index contributed by atoms with van der Waals surface area (Å²) in [6.07, 6.45) is 1.98. The van der Waals surface area contributed by atoms with E-state index in [0.717, 1.165) is 23.7 Å². The molecule has 0 aliphatic rings. The van der Waals surface area contributed by atoms with Gasteiger partial charge in [-0.05, 0) is 19.4 Å². The molecule has 3 aromatic rings. The maximum Gasteiger partial charge on any atom is 0.252 e. The lowest BCUT2D eigenvalue weighted by molar-refractivity contribution is 0.418. The van der Waals surface area contributed by atoms with Crippen molar-refractivity contribution in [1.29, 1.82) is 0 Å². The van der Waals surface area contributed by atoms with Crippen molar-refractivity contribution in [3.05, 3.63) is 46.4 Å². The fourth-order valence-electron chi connectivity index (χ4n) is 2.62. The molecule has 0 spiro atoms. The van der Waals surface area contributed by atoms with E-state index >= 15 is 0 Å². The van der Waals surface area contributed by atoms with Crippen molar-refractivity contribution >= 4 is 22.5 Å². The zero-order chi connectivity index (χ0) is 17.1. The number of unbranched alkanes of at least 4 members (excludes halogenated alkanes) is 1. The maximum absolute atomic E-state index is 11.5. The molecule has 0 fully saturated rings. The Morgan fingerprint density at radius 3 is 2.83 bits per heavy atom. The van der Waals surface area contributed by atoms with Gasteiger partial charge in [0, 0.05) is 23.7 Å². The summed E-state index contributed by atoms with van der Waals surface area (Å²) in [4.78, 5) is 18.1. The van der Waals surface area contributed by atoms with Crippen LogP contribution < -0.4 is 5.56 Å². The Kier molecular flexibility index (Phi) is 4.41. The molecule has 0 atom stereocenters. The quantitative estimate of drug-likeness (QED) is 0.695. The molecule has 7 nitrogen and oxygen atoms in total. The van der Waals surface area contributed by atoms with Crippen LogP contribution in [0.15, 0.2) is 45.4 Å². The molecule has 1 aromatic carbocycles. The van der Waals surface area contributed by atoms with E-state index in [4.69, 9.17) is 0 Å². The fraction of sp³-hybridized carbons (Fsp3) is 0.294. The minimum absolute atomic E-state index is 0.0726. The summed E-state index contributed by atoms with van der Waals surface area (Å²) in [6.45, 7) is 4.52. The molecule has 0 amide bonds. The second kappa shape index (κ2) is 6.66. The summed E-state index contributed by atoms with van der Waals surface area (Å²) in [5, 5.41) is 19.5. The van der Waals surface area contributed by atoms with Crippen LogP contribution in [0.25, 0.3) is 10.9 Å². The Bertz CT molecular complexity index is 955. The highest BCUT2D eigenvalue weighted by Gasteiger charge is 2.15. The van der Waals surface area contributed by atoms with Gasteiger partial charge in [0.25, 0.3) is 5.56 Å². The topological polar surface area (TPSA) is 95.6 Å². The van der Waals surface area contributed by atoms with Crippen molar-refractivity contribution in [3.8, 4) is 5.88 Å². The van der Waals surface area contributed by atoms with Gasteiger partial charge < -0.3 is 9.67 Å². The maximum atomic E-state index is 11.5. The van der Waals surface area contributed by atoms with E-state index in [2.05, 4.69) is 27.1 Å². The lowest BCUT2D eigenvalue weighted by Gasteiger charge is -2.05. The SMILES string of the molecule is CCCCn1c(O)c(N=Nc2nc(C)cc(=O)[nH]2)c2ccccc21. The lowest BCUT2D eigenvalue weighted by atomic mass is 10.2. The summed E-state index contributed by atoms with van der Waals surface area (Å²) in [5.41, 5.74) is 1.56. The molecule has 7 heteroatoms. The van der Waals surface area contributed by atoms with Gasteiger partial charge >= 0.3 is 0 Å². The van der Waals surface area contributed by atoms with Crippen molar-refractivity contribution in [2.45, 2.75) is 33.2 Å². The molecule has 124 valence electrons. The second-order valence-electron chi connectivity index (χ2n) is 5.60. The minimum atomic E-state index is -0.286. The van der Waals surface area contributed by atoms with Crippen LogP contribution in [0, 0.1) is 6.92 Å². The third kappa shape index (κ3) is 3.05. The number of nitrogens with zero attached hydrogens (tertiary/aromatic N) is 4. The first-order valence-electron chi connectivity index (χ1n) is 7.90. The van der Waals surface area contributed by atoms with Gasteiger partial charge in [-0.25, -0.2) is 4.98 Å². The Labute approximate surface area is 138 Å². The van der Waals surface area contributed by atoms with Crippen LogP contribution in [0.5, 0.6) is 5.88 Å². The first kappa shape index (κ1) is 15.9. The van der Waals surface area contributed by atoms with E-state index in [-0.39, 0.29) is 17.4 Å². The van der Waals surface area contributed by atoms with Gasteiger partial charge in [0.15, 0.2) is 5.69 Å². The van der Waals surface area contributed by atoms with Crippen LogP contribution in [0.2, 0.25) is 0 Å². The number of hydrogen-bond donors (Lipinski definition) is 2. The Balaban J connectivity index is 2.07. The number of para-hydroxylation sites is 1. The van der Waals surface area contributed by atoms with Crippen LogP contribution in [-0.4, -0.2) is 19.6 Å². The van der Waals surface area contributed by atoms with E-state index in [1.165, 1.54) is 6.07 Å². The Hall–Kier alpha value is -2.96. The first-order chi connectivity index (χ1) is 11.6. The number of rotatable bonds is 5. The Morgan fingerprint density at radius 2 is 2.08 bits per heavy atom. The van der Waals surface area contributed by atoms with Gasteiger partial charge in [0.05, 0.1) is 5.52 Å². The summed E-state index contributed by atoms with van der Waals surface area (Å²) in [7, 11) is 0. The van der Waals surface area contributed by atoms with Crippen LogP contribution in [-0.2, 0) is 6.54 Å². The molecule has 2 aromatic heterocycles. The number of aromatic amines is 1. The third-order valence-corrected chi connectivity index (χ3v) is 3.75. The van der Waals surface area contributed by atoms with Crippen molar-refractivity contribution in [2.24, 2.45) is 10.2 Å². The molecule has 0 aliphatic carbocycles. The summed E-state index contributed by atoms with van der Waals surface area (Å²) in [5.74, 6) is 0.188. The molecule has 0 saturated heterocycles. The van der Waals surface area contributed by atoms with Crippen molar-refractivity contribution in [3.63, 3.8) is 0 Å². The molecule has 0 unspecified atom stereocenters. The number of nitrogens with one attached hydrogen (secondary N) is 1. The highest BCUT2D eigenvalue weighted by atomic mass is 16.3. The molecule has 0 radical (unpaired) electrons. The number of aromatic hydroxyl groups is 1. The summed E-state index contributed by atoms with van der Waals surface area (Å²) in [6, 6.07) is 9.02.